The Bertz CT molecular complexity index is 669. The van der Waals surface area contributed by atoms with E-state index in [0.29, 0.717) is 0 Å². The molecular weight excluding hydrogens is 334 g/mol. The van der Waals surface area contributed by atoms with E-state index < -0.39 is 0 Å². The van der Waals surface area contributed by atoms with Crippen LogP contribution in [0, 0.1) is 6.92 Å². The van der Waals surface area contributed by atoms with Gasteiger partial charge in [-0.2, -0.15) is 0 Å². The Morgan fingerprint density at radius 3 is 2.44 bits per heavy atom. The molecule has 0 aromatic heterocycles. The molecule has 0 bridgehead atoms. The molecule has 0 aliphatic rings. The summed E-state index contributed by atoms with van der Waals surface area (Å²) in [6.45, 7) is 6.73. The lowest BCUT2D eigenvalue weighted by Crippen LogP contribution is -2.14. The van der Waals surface area contributed by atoms with Crippen LogP contribution in [0.4, 0.5) is 0 Å². The molecule has 0 spiro atoms. The Balaban J connectivity index is 1.86. The standard InChI is InChI=1S/C24H35NO2/c1-4-5-6-7-8-9-16-27-24-22(14-11-15-23(24)26-3)19-25-18-21-13-10-12-20(2)17-21/h10-15,17,25H,4-9,16,18-19H2,1-3H3. The minimum absolute atomic E-state index is 0.747. The first-order valence-electron chi connectivity index (χ1n) is 10.3. The van der Waals surface area contributed by atoms with E-state index in [0.717, 1.165) is 43.2 Å². The molecule has 27 heavy (non-hydrogen) atoms. The lowest BCUT2D eigenvalue weighted by Gasteiger charge is -2.16. The molecule has 0 saturated carbocycles. The van der Waals surface area contributed by atoms with Crippen LogP contribution in [-0.2, 0) is 13.1 Å². The number of nitrogens with one attached hydrogen (secondary N) is 1. The van der Waals surface area contributed by atoms with Crippen molar-refractivity contribution in [2.45, 2.75) is 65.5 Å². The summed E-state index contributed by atoms with van der Waals surface area (Å²) in [5, 5.41) is 3.53. The monoisotopic (exact) mass is 369 g/mol. The number of methoxy groups -OCH3 is 1. The van der Waals surface area contributed by atoms with Crippen LogP contribution < -0.4 is 14.8 Å². The lowest BCUT2D eigenvalue weighted by molar-refractivity contribution is 0.281. The minimum Gasteiger partial charge on any atom is -0.493 e. The van der Waals surface area contributed by atoms with E-state index in [1.54, 1.807) is 7.11 Å². The molecule has 0 aliphatic carbocycles. The van der Waals surface area contributed by atoms with Gasteiger partial charge in [0.1, 0.15) is 0 Å². The van der Waals surface area contributed by atoms with Crippen molar-refractivity contribution >= 4 is 0 Å². The summed E-state index contributed by atoms with van der Waals surface area (Å²) in [7, 11) is 1.71. The van der Waals surface area contributed by atoms with Crippen LogP contribution in [0.15, 0.2) is 42.5 Å². The number of aryl methyl sites for hydroxylation is 1. The summed E-state index contributed by atoms with van der Waals surface area (Å²) >= 11 is 0. The average Bonchev–Trinajstić information content (AvgIpc) is 2.68. The number of para-hydroxylation sites is 1. The highest BCUT2D eigenvalue weighted by atomic mass is 16.5. The van der Waals surface area contributed by atoms with Crippen molar-refractivity contribution in [3.63, 3.8) is 0 Å². The fourth-order valence-electron chi connectivity index (χ4n) is 3.25. The van der Waals surface area contributed by atoms with Crippen molar-refractivity contribution in [2.24, 2.45) is 0 Å². The number of unbranched alkanes of at least 4 members (excludes halogenated alkanes) is 5. The second kappa shape index (κ2) is 12.4. The summed E-state index contributed by atoms with van der Waals surface area (Å²) in [4.78, 5) is 0. The molecule has 0 aliphatic heterocycles. The van der Waals surface area contributed by atoms with Crippen LogP contribution >= 0.6 is 0 Å². The van der Waals surface area contributed by atoms with Crippen molar-refractivity contribution < 1.29 is 9.47 Å². The minimum atomic E-state index is 0.747. The van der Waals surface area contributed by atoms with Gasteiger partial charge in [0.15, 0.2) is 11.5 Å². The van der Waals surface area contributed by atoms with Gasteiger partial charge in [0, 0.05) is 18.7 Å². The molecule has 0 radical (unpaired) electrons. The molecule has 2 rings (SSSR count). The maximum absolute atomic E-state index is 6.12. The Morgan fingerprint density at radius 2 is 1.67 bits per heavy atom. The second-order valence-corrected chi connectivity index (χ2v) is 7.16. The zero-order valence-electron chi connectivity index (χ0n) is 17.2. The number of hydrogen-bond donors (Lipinski definition) is 1. The molecule has 0 atom stereocenters. The maximum Gasteiger partial charge on any atom is 0.165 e. The summed E-state index contributed by atoms with van der Waals surface area (Å²) in [6.07, 6.45) is 7.59. The molecule has 3 nitrogen and oxygen atoms in total. The van der Waals surface area contributed by atoms with Crippen molar-refractivity contribution in [1.82, 2.24) is 5.32 Å². The normalized spacial score (nSPS) is 10.8. The van der Waals surface area contributed by atoms with E-state index in [9.17, 15) is 0 Å². The van der Waals surface area contributed by atoms with Gasteiger partial charge in [-0.15, -0.1) is 0 Å². The van der Waals surface area contributed by atoms with Crippen LogP contribution in [-0.4, -0.2) is 13.7 Å². The van der Waals surface area contributed by atoms with Crippen molar-refractivity contribution in [3.05, 3.63) is 59.2 Å². The largest absolute Gasteiger partial charge is 0.493 e. The van der Waals surface area contributed by atoms with Crippen LogP contribution in [0.2, 0.25) is 0 Å². The van der Waals surface area contributed by atoms with E-state index in [4.69, 9.17) is 9.47 Å². The molecule has 2 aromatic rings. The predicted molar refractivity (Wildman–Crippen MR) is 114 cm³/mol. The van der Waals surface area contributed by atoms with Crippen LogP contribution in [0.5, 0.6) is 11.5 Å². The predicted octanol–water partition coefficient (Wildman–Crippen LogP) is 6.03. The number of rotatable bonds is 13. The third kappa shape index (κ3) is 7.64. The number of ether oxygens (including phenoxy) is 2. The first-order chi connectivity index (χ1) is 13.2. The van der Waals surface area contributed by atoms with Crippen molar-refractivity contribution in [1.29, 1.82) is 0 Å². The Morgan fingerprint density at radius 1 is 0.889 bits per heavy atom. The van der Waals surface area contributed by atoms with Gasteiger partial charge in [-0.1, -0.05) is 81.0 Å². The average molecular weight is 370 g/mol. The Labute approximate surface area is 165 Å². The fraction of sp³-hybridized carbons (Fsp3) is 0.500. The molecule has 0 saturated heterocycles. The van der Waals surface area contributed by atoms with Gasteiger partial charge < -0.3 is 14.8 Å². The smallest absolute Gasteiger partial charge is 0.165 e. The van der Waals surface area contributed by atoms with E-state index in [2.05, 4.69) is 49.5 Å². The van der Waals surface area contributed by atoms with E-state index >= 15 is 0 Å². The summed E-state index contributed by atoms with van der Waals surface area (Å²) in [6, 6.07) is 14.7. The van der Waals surface area contributed by atoms with Gasteiger partial charge in [0.2, 0.25) is 0 Å². The highest BCUT2D eigenvalue weighted by Crippen LogP contribution is 2.31. The molecular formula is C24H35NO2. The maximum atomic E-state index is 6.12. The van der Waals surface area contributed by atoms with Gasteiger partial charge in [-0.3, -0.25) is 0 Å². The Hall–Kier alpha value is -2.00. The molecule has 148 valence electrons. The summed E-state index contributed by atoms with van der Waals surface area (Å²) in [5.41, 5.74) is 3.74. The van der Waals surface area contributed by atoms with Gasteiger partial charge in [0.05, 0.1) is 13.7 Å². The highest BCUT2D eigenvalue weighted by Gasteiger charge is 2.10. The molecule has 1 N–H and O–H groups in total. The molecule has 0 heterocycles. The van der Waals surface area contributed by atoms with Crippen molar-refractivity contribution in [3.8, 4) is 11.5 Å². The molecule has 2 aromatic carbocycles. The lowest BCUT2D eigenvalue weighted by atomic mass is 10.1. The van der Waals surface area contributed by atoms with Gasteiger partial charge in [-0.05, 0) is 25.0 Å². The fourth-order valence-corrected chi connectivity index (χ4v) is 3.25. The quantitative estimate of drug-likeness (QED) is 0.437. The first-order valence-corrected chi connectivity index (χ1v) is 10.3. The first kappa shape index (κ1) is 21.3. The van der Waals surface area contributed by atoms with Gasteiger partial charge in [0.25, 0.3) is 0 Å². The zero-order chi connectivity index (χ0) is 19.3. The van der Waals surface area contributed by atoms with E-state index in [1.165, 1.54) is 43.2 Å². The van der Waals surface area contributed by atoms with Crippen LogP contribution in [0.3, 0.4) is 0 Å². The van der Waals surface area contributed by atoms with Crippen LogP contribution in [0.1, 0.15) is 62.1 Å². The molecule has 0 amide bonds. The molecule has 0 unspecified atom stereocenters. The third-order valence-corrected chi connectivity index (χ3v) is 4.75. The summed E-state index contributed by atoms with van der Waals surface area (Å²) < 4.78 is 11.6. The SMILES string of the molecule is CCCCCCCCOc1c(CNCc2cccc(C)c2)cccc1OC. The number of hydrogen-bond acceptors (Lipinski definition) is 3. The van der Waals surface area contributed by atoms with Crippen LogP contribution in [0.25, 0.3) is 0 Å². The van der Waals surface area contributed by atoms with E-state index in [1.807, 2.05) is 12.1 Å². The third-order valence-electron chi connectivity index (χ3n) is 4.75. The van der Waals surface area contributed by atoms with Crippen molar-refractivity contribution in [2.75, 3.05) is 13.7 Å². The molecule has 3 heteroatoms. The Kier molecular flexibility index (Phi) is 9.78. The number of benzene rings is 2. The van der Waals surface area contributed by atoms with E-state index in [-0.39, 0.29) is 0 Å². The molecule has 0 fully saturated rings. The highest BCUT2D eigenvalue weighted by molar-refractivity contribution is 5.46. The summed E-state index contributed by atoms with van der Waals surface area (Å²) in [5.74, 6) is 1.70. The topological polar surface area (TPSA) is 30.5 Å². The zero-order valence-corrected chi connectivity index (χ0v) is 17.2. The van der Waals surface area contributed by atoms with Gasteiger partial charge >= 0.3 is 0 Å². The van der Waals surface area contributed by atoms with Gasteiger partial charge in [-0.25, -0.2) is 0 Å². The second-order valence-electron chi connectivity index (χ2n) is 7.16.